The fraction of sp³-hybridized carbons (Fsp3) is 0.111. The first-order valence-corrected chi connectivity index (χ1v) is 8.83. The van der Waals surface area contributed by atoms with Gasteiger partial charge in [-0.05, 0) is 57.0 Å². The lowest BCUT2D eigenvalue weighted by atomic mass is 10.2. The molecule has 1 aliphatic heterocycles. The molecule has 1 fully saturated rings. The van der Waals surface area contributed by atoms with E-state index in [0.717, 1.165) is 38.0 Å². The molecular formula is C18H14BrNO3S. The molecule has 4 nitrogen and oxygen atoms in total. The van der Waals surface area contributed by atoms with Gasteiger partial charge in [-0.2, -0.15) is 0 Å². The number of thioether (sulfide) groups is 1. The predicted octanol–water partition coefficient (Wildman–Crippen LogP) is 4.69. The molecule has 122 valence electrons. The van der Waals surface area contributed by atoms with Crippen LogP contribution in [-0.2, 0) is 11.4 Å². The second-order valence-corrected chi connectivity index (χ2v) is 7.05. The van der Waals surface area contributed by atoms with Crippen LogP contribution >= 0.6 is 27.7 Å². The first-order valence-electron chi connectivity index (χ1n) is 7.22. The summed E-state index contributed by atoms with van der Waals surface area (Å²) in [5.74, 6) is 0.449. The monoisotopic (exact) mass is 403 g/mol. The number of hydrogen-bond acceptors (Lipinski definition) is 4. The number of carbonyl (C=O) groups excluding carboxylic acids is 2. The van der Waals surface area contributed by atoms with Crippen LogP contribution in [-0.4, -0.2) is 23.1 Å². The molecule has 0 N–H and O–H groups in total. The summed E-state index contributed by atoms with van der Waals surface area (Å²) in [6, 6.07) is 15.5. The first-order chi connectivity index (χ1) is 11.5. The minimum Gasteiger partial charge on any atom is -0.488 e. The van der Waals surface area contributed by atoms with Crippen molar-refractivity contribution in [1.29, 1.82) is 0 Å². The third-order valence-corrected chi connectivity index (χ3v) is 5.06. The molecule has 0 radical (unpaired) electrons. The molecule has 3 rings (SSSR count). The van der Waals surface area contributed by atoms with Crippen molar-refractivity contribution in [3.05, 3.63) is 69.0 Å². The number of halogens is 1. The van der Waals surface area contributed by atoms with Gasteiger partial charge in [-0.15, -0.1) is 0 Å². The molecule has 2 amide bonds. The Labute approximate surface area is 152 Å². The molecule has 1 heterocycles. The number of ether oxygens (including phenoxy) is 1. The molecule has 0 saturated carbocycles. The third kappa shape index (κ3) is 3.71. The molecule has 6 heteroatoms. The van der Waals surface area contributed by atoms with Crippen LogP contribution in [0.25, 0.3) is 6.08 Å². The zero-order chi connectivity index (χ0) is 17.1. The number of likely N-dealkylation sites (N-methyl/N-ethyl adjacent to an activating group) is 1. The fourth-order valence-electron chi connectivity index (χ4n) is 2.16. The highest BCUT2D eigenvalue weighted by molar-refractivity contribution is 9.10. The first kappa shape index (κ1) is 16.8. The van der Waals surface area contributed by atoms with Gasteiger partial charge in [0.15, 0.2) is 0 Å². The van der Waals surface area contributed by atoms with Gasteiger partial charge in [0.1, 0.15) is 12.4 Å². The van der Waals surface area contributed by atoms with Crippen molar-refractivity contribution < 1.29 is 14.3 Å². The van der Waals surface area contributed by atoms with Crippen molar-refractivity contribution in [2.75, 3.05) is 7.05 Å². The Hall–Kier alpha value is -2.05. The lowest BCUT2D eigenvalue weighted by Gasteiger charge is -2.09. The van der Waals surface area contributed by atoms with Gasteiger partial charge in [-0.25, -0.2) is 0 Å². The molecule has 2 aromatic rings. The van der Waals surface area contributed by atoms with E-state index in [9.17, 15) is 9.59 Å². The summed E-state index contributed by atoms with van der Waals surface area (Å²) in [4.78, 5) is 25.0. The average molecular weight is 404 g/mol. The lowest BCUT2D eigenvalue weighted by molar-refractivity contribution is -0.121. The van der Waals surface area contributed by atoms with Crippen molar-refractivity contribution in [3.8, 4) is 5.75 Å². The molecule has 2 aromatic carbocycles. The van der Waals surface area contributed by atoms with E-state index in [-0.39, 0.29) is 11.1 Å². The maximum Gasteiger partial charge on any atom is 0.293 e. The van der Waals surface area contributed by atoms with E-state index in [1.54, 1.807) is 6.08 Å². The second kappa shape index (κ2) is 7.23. The lowest BCUT2D eigenvalue weighted by Crippen LogP contribution is -2.22. The van der Waals surface area contributed by atoms with Crippen molar-refractivity contribution in [1.82, 2.24) is 4.90 Å². The molecule has 0 aliphatic carbocycles. The Bertz CT molecular complexity index is 820. The topological polar surface area (TPSA) is 46.6 Å². The van der Waals surface area contributed by atoms with E-state index < -0.39 is 0 Å². The largest absolute Gasteiger partial charge is 0.488 e. The summed E-state index contributed by atoms with van der Waals surface area (Å²) >= 11 is 4.43. The third-order valence-electron chi connectivity index (χ3n) is 3.48. The van der Waals surface area contributed by atoms with Gasteiger partial charge in [0, 0.05) is 7.05 Å². The van der Waals surface area contributed by atoms with Gasteiger partial charge in [0.05, 0.1) is 9.38 Å². The minimum atomic E-state index is -0.273. The Morgan fingerprint density at radius 1 is 1.17 bits per heavy atom. The molecule has 0 bridgehead atoms. The number of carbonyl (C=O) groups is 2. The molecule has 24 heavy (non-hydrogen) atoms. The van der Waals surface area contributed by atoms with E-state index in [1.807, 2.05) is 48.5 Å². The van der Waals surface area contributed by atoms with E-state index >= 15 is 0 Å². The van der Waals surface area contributed by atoms with Crippen LogP contribution in [0.15, 0.2) is 57.9 Å². The molecule has 1 aliphatic rings. The number of rotatable bonds is 4. The van der Waals surface area contributed by atoms with Gasteiger partial charge in [0.2, 0.25) is 0 Å². The maximum atomic E-state index is 11.9. The van der Waals surface area contributed by atoms with Crippen LogP contribution in [0.5, 0.6) is 5.75 Å². The van der Waals surface area contributed by atoms with Crippen molar-refractivity contribution in [2.24, 2.45) is 0 Å². The summed E-state index contributed by atoms with van der Waals surface area (Å²) in [6.45, 7) is 0.480. The zero-order valence-electron chi connectivity index (χ0n) is 12.9. The van der Waals surface area contributed by atoms with E-state index in [2.05, 4.69) is 15.9 Å². The molecule has 0 aromatic heterocycles. The maximum absolute atomic E-state index is 11.9. The molecular weight excluding hydrogens is 390 g/mol. The smallest absolute Gasteiger partial charge is 0.293 e. The van der Waals surface area contributed by atoms with Crippen LogP contribution < -0.4 is 4.74 Å². The predicted molar refractivity (Wildman–Crippen MR) is 98.7 cm³/mol. The van der Waals surface area contributed by atoms with Crippen LogP contribution in [0.1, 0.15) is 11.1 Å². The standard InChI is InChI=1S/C18H14BrNO3S/c1-20-17(21)16(24-18(20)22)10-13-7-8-15(14(19)9-13)23-11-12-5-3-2-4-6-12/h2-10H,11H2,1H3/b16-10-. The average Bonchev–Trinajstić information content (AvgIpc) is 2.82. The highest BCUT2D eigenvalue weighted by atomic mass is 79.9. The normalized spacial score (nSPS) is 16.1. The summed E-state index contributed by atoms with van der Waals surface area (Å²) in [5.41, 5.74) is 1.91. The molecule has 0 atom stereocenters. The number of nitrogens with zero attached hydrogens (tertiary/aromatic N) is 1. The number of amides is 2. The molecule has 0 unspecified atom stereocenters. The summed E-state index contributed by atoms with van der Waals surface area (Å²) in [5, 5.41) is -0.256. The summed E-state index contributed by atoms with van der Waals surface area (Å²) in [6.07, 6.45) is 1.71. The molecule has 1 saturated heterocycles. The summed E-state index contributed by atoms with van der Waals surface area (Å²) < 4.78 is 6.60. The SMILES string of the molecule is CN1C(=O)S/C(=C\c2ccc(OCc3ccccc3)c(Br)c2)C1=O. The van der Waals surface area contributed by atoms with Crippen LogP contribution in [0.2, 0.25) is 0 Å². The van der Waals surface area contributed by atoms with Crippen molar-refractivity contribution in [3.63, 3.8) is 0 Å². The Kier molecular flexibility index (Phi) is 5.06. The van der Waals surface area contributed by atoms with Gasteiger partial charge in [-0.1, -0.05) is 36.4 Å². The highest BCUT2D eigenvalue weighted by Gasteiger charge is 2.31. The second-order valence-electron chi connectivity index (χ2n) is 5.20. The van der Waals surface area contributed by atoms with Crippen molar-refractivity contribution in [2.45, 2.75) is 6.61 Å². The fourth-order valence-corrected chi connectivity index (χ4v) is 3.49. The van der Waals surface area contributed by atoms with E-state index in [0.29, 0.717) is 11.5 Å². The van der Waals surface area contributed by atoms with Gasteiger partial charge in [-0.3, -0.25) is 14.5 Å². The molecule has 0 spiro atoms. The highest BCUT2D eigenvalue weighted by Crippen LogP contribution is 2.33. The minimum absolute atomic E-state index is 0.256. The Morgan fingerprint density at radius 3 is 2.54 bits per heavy atom. The Morgan fingerprint density at radius 2 is 1.92 bits per heavy atom. The van der Waals surface area contributed by atoms with Crippen LogP contribution in [0, 0.1) is 0 Å². The van der Waals surface area contributed by atoms with Gasteiger partial charge < -0.3 is 4.74 Å². The number of benzene rings is 2. The summed E-state index contributed by atoms with van der Waals surface area (Å²) in [7, 11) is 1.48. The van der Waals surface area contributed by atoms with E-state index in [4.69, 9.17) is 4.74 Å². The number of hydrogen-bond donors (Lipinski definition) is 0. The van der Waals surface area contributed by atoms with Crippen LogP contribution in [0.3, 0.4) is 0 Å². The quantitative estimate of drug-likeness (QED) is 0.694. The van der Waals surface area contributed by atoms with Gasteiger partial charge in [0.25, 0.3) is 11.1 Å². The van der Waals surface area contributed by atoms with Gasteiger partial charge >= 0.3 is 0 Å². The Balaban J connectivity index is 1.73. The number of imide groups is 1. The van der Waals surface area contributed by atoms with Crippen molar-refractivity contribution >= 4 is 44.9 Å². The zero-order valence-corrected chi connectivity index (χ0v) is 15.3. The van der Waals surface area contributed by atoms with Crippen LogP contribution in [0.4, 0.5) is 4.79 Å². The van der Waals surface area contributed by atoms with E-state index in [1.165, 1.54) is 7.05 Å².